The first-order valence-electron chi connectivity index (χ1n) is 9.16. The van der Waals surface area contributed by atoms with Crippen LogP contribution in [0.25, 0.3) is 11.4 Å². The van der Waals surface area contributed by atoms with E-state index in [1.54, 1.807) is 17.2 Å². The topological polar surface area (TPSA) is 103 Å². The fraction of sp³-hybridized carbons (Fsp3) is 0.389. The van der Waals surface area contributed by atoms with Crippen molar-refractivity contribution in [1.29, 1.82) is 0 Å². The summed E-state index contributed by atoms with van der Waals surface area (Å²) in [5, 5.41) is 22.5. The Kier molecular flexibility index (Phi) is 8.12. The average Bonchev–Trinajstić information content (AvgIpc) is 3.38. The van der Waals surface area contributed by atoms with Crippen LogP contribution in [0.5, 0.6) is 0 Å². The molecule has 3 aromatic rings. The number of amides is 1. The minimum Gasteiger partial charge on any atom is -0.321 e. The van der Waals surface area contributed by atoms with Crippen molar-refractivity contribution >= 4 is 36.4 Å². The third-order valence-electron chi connectivity index (χ3n) is 4.76. The number of hydrogen-bond acceptors (Lipinski definition) is 6. The molecule has 0 spiro atoms. The summed E-state index contributed by atoms with van der Waals surface area (Å²) >= 11 is 0. The minimum atomic E-state index is -0.274. The number of anilines is 1. The lowest BCUT2D eigenvalue weighted by Crippen LogP contribution is -2.29. The van der Waals surface area contributed by atoms with Gasteiger partial charge in [0.25, 0.3) is 5.91 Å². The van der Waals surface area contributed by atoms with E-state index in [4.69, 9.17) is 0 Å². The highest BCUT2D eigenvalue weighted by Gasteiger charge is 2.19. The highest BCUT2D eigenvalue weighted by Crippen LogP contribution is 2.21. The first-order chi connectivity index (χ1) is 13.2. The van der Waals surface area contributed by atoms with Crippen molar-refractivity contribution in [3.8, 4) is 11.4 Å². The standard InChI is InChI=1S/C18H22N8O.2ClH/c1-2-25-12-20-23-17(25)13-4-3-5-14(10-13)21-18(27)16-11-26(24-22-16)15-6-8-19-9-7-15;;/h3-5,10-12,15,19H,2,6-9H2,1H3,(H,21,27);2*1H. The number of rotatable bonds is 5. The summed E-state index contributed by atoms with van der Waals surface area (Å²) in [5.74, 6) is 0.495. The number of hydrogen-bond donors (Lipinski definition) is 2. The maximum atomic E-state index is 12.6. The first kappa shape index (κ1) is 22.8. The van der Waals surface area contributed by atoms with Gasteiger partial charge < -0.3 is 15.2 Å². The van der Waals surface area contributed by atoms with E-state index >= 15 is 0 Å². The second-order valence-electron chi connectivity index (χ2n) is 6.54. The van der Waals surface area contributed by atoms with Gasteiger partial charge in [0, 0.05) is 17.8 Å². The summed E-state index contributed by atoms with van der Waals surface area (Å²) in [6.07, 6.45) is 5.40. The minimum absolute atomic E-state index is 0. The van der Waals surface area contributed by atoms with Gasteiger partial charge in [0.05, 0.1) is 12.2 Å². The van der Waals surface area contributed by atoms with Crippen LogP contribution in [0.4, 0.5) is 5.69 Å². The van der Waals surface area contributed by atoms with Crippen molar-refractivity contribution in [2.24, 2.45) is 0 Å². The molecule has 3 heterocycles. The Morgan fingerprint density at radius 1 is 1.24 bits per heavy atom. The lowest BCUT2D eigenvalue weighted by atomic mass is 10.1. The van der Waals surface area contributed by atoms with Gasteiger partial charge in [0.1, 0.15) is 6.33 Å². The fourth-order valence-corrected chi connectivity index (χ4v) is 3.27. The van der Waals surface area contributed by atoms with Crippen molar-refractivity contribution < 1.29 is 4.79 Å². The van der Waals surface area contributed by atoms with Crippen LogP contribution in [0.15, 0.2) is 36.8 Å². The molecule has 1 aliphatic rings. The number of carbonyl (C=O) groups excluding carboxylic acids is 1. The van der Waals surface area contributed by atoms with Gasteiger partial charge in [-0.15, -0.1) is 40.1 Å². The van der Waals surface area contributed by atoms with E-state index in [9.17, 15) is 4.79 Å². The summed E-state index contributed by atoms with van der Waals surface area (Å²) in [6, 6.07) is 7.84. The summed E-state index contributed by atoms with van der Waals surface area (Å²) in [6.45, 7) is 4.73. The zero-order valence-corrected chi connectivity index (χ0v) is 17.6. The van der Waals surface area contributed by atoms with E-state index < -0.39 is 0 Å². The molecule has 0 unspecified atom stereocenters. The molecule has 1 fully saturated rings. The molecule has 1 aromatic carbocycles. The SMILES string of the molecule is CCn1cnnc1-c1cccc(NC(=O)c2cn(C3CCNCC3)nn2)c1.Cl.Cl. The molecule has 29 heavy (non-hydrogen) atoms. The zero-order chi connectivity index (χ0) is 18.6. The van der Waals surface area contributed by atoms with E-state index in [0.29, 0.717) is 17.4 Å². The quantitative estimate of drug-likeness (QED) is 0.634. The summed E-state index contributed by atoms with van der Waals surface area (Å²) < 4.78 is 3.75. The number of halogens is 2. The third-order valence-corrected chi connectivity index (χ3v) is 4.76. The predicted octanol–water partition coefficient (Wildman–Crippen LogP) is 2.58. The molecule has 9 nitrogen and oxygen atoms in total. The van der Waals surface area contributed by atoms with E-state index in [-0.39, 0.29) is 30.7 Å². The molecule has 156 valence electrons. The average molecular weight is 439 g/mol. The van der Waals surface area contributed by atoms with Crippen LogP contribution in [0.2, 0.25) is 0 Å². The van der Waals surface area contributed by atoms with Gasteiger partial charge in [-0.05, 0) is 45.0 Å². The van der Waals surface area contributed by atoms with Crippen molar-refractivity contribution in [3.63, 3.8) is 0 Å². The van der Waals surface area contributed by atoms with Crippen LogP contribution in [0.1, 0.15) is 36.3 Å². The van der Waals surface area contributed by atoms with E-state index in [0.717, 1.165) is 43.9 Å². The molecule has 4 rings (SSSR count). The van der Waals surface area contributed by atoms with Gasteiger partial charge in [0.2, 0.25) is 0 Å². The molecule has 0 saturated carbocycles. The number of piperidine rings is 1. The summed E-state index contributed by atoms with van der Waals surface area (Å²) in [5.41, 5.74) is 1.89. The fourth-order valence-electron chi connectivity index (χ4n) is 3.27. The van der Waals surface area contributed by atoms with E-state index in [2.05, 4.69) is 31.1 Å². The molecule has 2 N–H and O–H groups in total. The second-order valence-corrected chi connectivity index (χ2v) is 6.54. The maximum absolute atomic E-state index is 12.6. The molecule has 0 bridgehead atoms. The Bertz CT molecular complexity index is 935. The molecule has 1 aliphatic heterocycles. The van der Waals surface area contributed by atoms with Gasteiger partial charge in [-0.1, -0.05) is 17.3 Å². The Morgan fingerprint density at radius 3 is 2.79 bits per heavy atom. The van der Waals surface area contributed by atoms with Crippen LogP contribution >= 0.6 is 24.8 Å². The van der Waals surface area contributed by atoms with Gasteiger partial charge in [0.15, 0.2) is 11.5 Å². The molecular formula is C18H24Cl2N8O. The molecule has 1 saturated heterocycles. The van der Waals surface area contributed by atoms with Gasteiger partial charge in [-0.25, -0.2) is 4.68 Å². The Balaban J connectivity index is 0.00000150. The van der Waals surface area contributed by atoms with Crippen LogP contribution in [-0.4, -0.2) is 48.8 Å². The number of nitrogens with zero attached hydrogens (tertiary/aromatic N) is 6. The first-order valence-corrected chi connectivity index (χ1v) is 9.16. The smallest absolute Gasteiger partial charge is 0.277 e. The second kappa shape index (κ2) is 10.3. The Hall–Kier alpha value is -2.49. The molecule has 1 amide bonds. The molecule has 11 heteroatoms. The number of aromatic nitrogens is 6. The molecule has 2 aromatic heterocycles. The predicted molar refractivity (Wildman–Crippen MR) is 115 cm³/mol. The van der Waals surface area contributed by atoms with Gasteiger partial charge in [-0.3, -0.25) is 4.79 Å². The van der Waals surface area contributed by atoms with Gasteiger partial charge in [-0.2, -0.15) is 0 Å². The summed E-state index contributed by atoms with van der Waals surface area (Å²) in [4.78, 5) is 12.6. The van der Waals surface area contributed by atoms with Crippen LogP contribution in [0.3, 0.4) is 0 Å². The number of nitrogens with one attached hydrogen (secondary N) is 2. The zero-order valence-electron chi connectivity index (χ0n) is 16.0. The van der Waals surface area contributed by atoms with Crippen molar-refractivity contribution in [2.45, 2.75) is 32.4 Å². The number of carbonyl (C=O) groups is 1. The molecular weight excluding hydrogens is 415 g/mol. The number of benzene rings is 1. The molecule has 0 radical (unpaired) electrons. The van der Waals surface area contributed by atoms with Crippen LogP contribution in [0, 0.1) is 0 Å². The lowest BCUT2D eigenvalue weighted by Gasteiger charge is -2.22. The van der Waals surface area contributed by atoms with E-state index in [1.165, 1.54) is 0 Å². The van der Waals surface area contributed by atoms with Crippen molar-refractivity contribution in [1.82, 2.24) is 35.1 Å². The monoisotopic (exact) mass is 438 g/mol. The Morgan fingerprint density at radius 2 is 2.03 bits per heavy atom. The highest BCUT2D eigenvalue weighted by molar-refractivity contribution is 6.02. The van der Waals surface area contributed by atoms with Crippen LogP contribution < -0.4 is 10.6 Å². The van der Waals surface area contributed by atoms with Crippen molar-refractivity contribution in [3.05, 3.63) is 42.5 Å². The molecule has 0 aliphatic carbocycles. The third kappa shape index (κ3) is 5.11. The van der Waals surface area contributed by atoms with E-state index in [1.807, 2.05) is 35.8 Å². The normalized spacial score (nSPS) is 14.0. The Labute approximate surface area is 181 Å². The highest BCUT2D eigenvalue weighted by atomic mass is 35.5. The van der Waals surface area contributed by atoms with Gasteiger partial charge >= 0.3 is 0 Å². The molecule has 0 atom stereocenters. The van der Waals surface area contributed by atoms with Crippen molar-refractivity contribution in [2.75, 3.05) is 18.4 Å². The summed E-state index contributed by atoms with van der Waals surface area (Å²) in [7, 11) is 0. The lowest BCUT2D eigenvalue weighted by molar-refractivity contribution is 0.102. The number of aryl methyl sites for hydroxylation is 1. The maximum Gasteiger partial charge on any atom is 0.277 e. The van der Waals surface area contributed by atoms with Crippen LogP contribution in [-0.2, 0) is 6.54 Å². The largest absolute Gasteiger partial charge is 0.321 e.